The van der Waals surface area contributed by atoms with Crippen LogP contribution in [0.4, 0.5) is 0 Å². The van der Waals surface area contributed by atoms with Crippen LogP contribution in [-0.4, -0.2) is 18.5 Å². The van der Waals surface area contributed by atoms with Gasteiger partial charge in [-0.25, -0.2) is 0 Å². The maximum atomic E-state index is 11.4. The Balaban J connectivity index is 0.00000256. The minimum Gasteiger partial charge on any atom is -0.354 e. The minimum absolute atomic E-state index is 0. The van der Waals surface area contributed by atoms with Crippen molar-refractivity contribution in [2.24, 2.45) is 5.73 Å². The van der Waals surface area contributed by atoms with Crippen LogP contribution in [0.25, 0.3) is 0 Å². The number of rotatable bonds is 4. The monoisotopic (exact) mass is 256 g/mol. The third-order valence-corrected chi connectivity index (χ3v) is 2.67. The third kappa shape index (κ3) is 4.75. The standard InChI is InChI=1S/C13H20N2O.ClH/c1-10(14)12(16)15-9-13(2,3)11-7-5-4-6-8-11;/h4-8,10H,9,14H2,1-3H3,(H,15,16);1H. The number of nitrogens with one attached hydrogen (secondary N) is 1. The molecule has 0 saturated heterocycles. The van der Waals surface area contributed by atoms with Gasteiger partial charge >= 0.3 is 0 Å². The fourth-order valence-electron chi connectivity index (χ4n) is 1.46. The molecule has 0 aliphatic rings. The zero-order valence-electron chi connectivity index (χ0n) is 10.6. The van der Waals surface area contributed by atoms with E-state index in [1.165, 1.54) is 5.56 Å². The Morgan fingerprint density at radius 3 is 2.35 bits per heavy atom. The van der Waals surface area contributed by atoms with Crippen molar-refractivity contribution in [1.82, 2.24) is 5.32 Å². The summed E-state index contributed by atoms with van der Waals surface area (Å²) in [6.45, 7) is 6.48. The van der Waals surface area contributed by atoms with Gasteiger partial charge in [-0.1, -0.05) is 44.2 Å². The topological polar surface area (TPSA) is 55.1 Å². The van der Waals surface area contributed by atoms with E-state index < -0.39 is 6.04 Å². The van der Waals surface area contributed by atoms with Crippen LogP contribution >= 0.6 is 12.4 Å². The number of carbonyl (C=O) groups excluding carboxylic acids is 1. The van der Waals surface area contributed by atoms with Gasteiger partial charge in [-0.2, -0.15) is 0 Å². The van der Waals surface area contributed by atoms with Crippen LogP contribution < -0.4 is 11.1 Å². The lowest BCUT2D eigenvalue weighted by molar-refractivity contribution is -0.122. The van der Waals surface area contributed by atoms with E-state index in [4.69, 9.17) is 5.73 Å². The van der Waals surface area contributed by atoms with Gasteiger partial charge in [0.1, 0.15) is 0 Å². The largest absolute Gasteiger partial charge is 0.354 e. The highest BCUT2D eigenvalue weighted by atomic mass is 35.5. The molecule has 1 aromatic carbocycles. The van der Waals surface area contributed by atoms with Gasteiger partial charge in [0.15, 0.2) is 0 Å². The van der Waals surface area contributed by atoms with Gasteiger partial charge in [0.2, 0.25) is 5.91 Å². The molecule has 0 heterocycles. The number of hydrogen-bond acceptors (Lipinski definition) is 2. The van der Waals surface area contributed by atoms with Crippen molar-refractivity contribution >= 4 is 18.3 Å². The van der Waals surface area contributed by atoms with E-state index in [-0.39, 0.29) is 23.7 Å². The molecule has 1 amide bonds. The first-order valence-electron chi connectivity index (χ1n) is 5.52. The summed E-state index contributed by atoms with van der Waals surface area (Å²) in [5.74, 6) is -0.107. The van der Waals surface area contributed by atoms with Gasteiger partial charge in [-0.05, 0) is 12.5 Å². The van der Waals surface area contributed by atoms with E-state index in [0.29, 0.717) is 6.54 Å². The predicted octanol–water partition coefficient (Wildman–Crippen LogP) is 1.85. The highest BCUT2D eigenvalue weighted by Gasteiger charge is 2.21. The van der Waals surface area contributed by atoms with Crippen LogP contribution in [0.5, 0.6) is 0 Å². The zero-order valence-corrected chi connectivity index (χ0v) is 11.4. The van der Waals surface area contributed by atoms with E-state index in [0.717, 1.165) is 0 Å². The summed E-state index contributed by atoms with van der Waals surface area (Å²) in [4.78, 5) is 11.4. The lowest BCUT2D eigenvalue weighted by Crippen LogP contribution is -2.43. The quantitative estimate of drug-likeness (QED) is 0.864. The van der Waals surface area contributed by atoms with Crippen molar-refractivity contribution in [3.63, 3.8) is 0 Å². The Labute approximate surface area is 109 Å². The molecule has 0 bridgehead atoms. The second-order valence-corrected chi connectivity index (χ2v) is 4.76. The van der Waals surface area contributed by atoms with Crippen molar-refractivity contribution in [3.8, 4) is 0 Å². The Bertz CT molecular complexity index is 350. The molecule has 1 unspecified atom stereocenters. The van der Waals surface area contributed by atoms with Crippen LogP contribution in [0.2, 0.25) is 0 Å². The van der Waals surface area contributed by atoms with Gasteiger partial charge in [0.25, 0.3) is 0 Å². The first-order chi connectivity index (χ1) is 7.43. The van der Waals surface area contributed by atoms with Crippen LogP contribution in [0.3, 0.4) is 0 Å². The van der Waals surface area contributed by atoms with Crippen LogP contribution in [0.15, 0.2) is 30.3 Å². The maximum Gasteiger partial charge on any atom is 0.236 e. The van der Waals surface area contributed by atoms with Crippen molar-refractivity contribution in [2.75, 3.05) is 6.54 Å². The molecule has 0 saturated carbocycles. The molecule has 4 heteroatoms. The summed E-state index contributed by atoms with van der Waals surface area (Å²) in [6.07, 6.45) is 0. The Hall–Kier alpha value is -1.06. The average molecular weight is 257 g/mol. The van der Waals surface area contributed by atoms with Gasteiger partial charge in [0.05, 0.1) is 6.04 Å². The fourth-order valence-corrected chi connectivity index (χ4v) is 1.46. The molecule has 0 fully saturated rings. The lowest BCUT2D eigenvalue weighted by Gasteiger charge is -2.26. The first kappa shape index (κ1) is 15.9. The third-order valence-electron chi connectivity index (χ3n) is 2.67. The van der Waals surface area contributed by atoms with Gasteiger partial charge in [0, 0.05) is 12.0 Å². The number of nitrogens with two attached hydrogens (primary N) is 1. The summed E-state index contributed by atoms with van der Waals surface area (Å²) >= 11 is 0. The smallest absolute Gasteiger partial charge is 0.236 e. The lowest BCUT2D eigenvalue weighted by atomic mass is 9.84. The van der Waals surface area contributed by atoms with E-state index in [1.54, 1.807) is 6.92 Å². The number of carbonyl (C=O) groups is 1. The Morgan fingerprint density at radius 1 is 1.35 bits per heavy atom. The molecular formula is C13H21ClN2O. The minimum atomic E-state index is -0.452. The van der Waals surface area contributed by atoms with Gasteiger partial charge in [-0.3, -0.25) is 4.79 Å². The molecule has 0 aliphatic carbocycles. The van der Waals surface area contributed by atoms with Crippen molar-refractivity contribution in [2.45, 2.75) is 32.2 Å². The van der Waals surface area contributed by atoms with E-state index in [1.807, 2.05) is 18.2 Å². The number of benzene rings is 1. The molecule has 1 rings (SSSR count). The van der Waals surface area contributed by atoms with Crippen molar-refractivity contribution in [3.05, 3.63) is 35.9 Å². The molecule has 0 aromatic heterocycles. The van der Waals surface area contributed by atoms with E-state index in [9.17, 15) is 4.79 Å². The zero-order chi connectivity index (χ0) is 12.2. The molecular weight excluding hydrogens is 236 g/mol. The summed E-state index contributed by atoms with van der Waals surface area (Å²) in [7, 11) is 0. The van der Waals surface area contributed by atoms with Gasteiger partial charge < -0.3 is 11.1 Å². The SMILES string of the molecule is CC(N)C(=O)NCC(C)(C)c1ccccc1.Cl. The van der Waals surface area contributed by atoms with Crippen molar-refractivity contribution in [1.29, 1.82) is 0 Å². The molecule has 0 radical (unpaired) electrons. The van der Waals surface area contributed by atoms with Gasteiger partial charge in [-0.15, -0.1) is 12.4 Å². The number of halogens is 1. The molecule has 96 valence electrons. The summed E-state index contributed by atoms with van der Waals surface area (Å²) in [6, 6.07) is 9.68. The van der Waals surface area contributed by atoms with Crippen LogP contribution in [0.1, 0.15) is 26.3 Å². The van der Waals surface area contributed by atoms with E-state index in [2.05, 4.69) is 31.3 Å². The van der Waals surface area contributed by atoms with Crippen molar-refractivity contribution < 1.29 is 4.79 Å². The molecule has 1 aromatic rings. The molecule has 1 atom stereocenters. The highest BCUT2D eigenvalue weighted by molar-refractivity contribution is 5.85. The normalized spacial score (nSPS) is 12.5. The molecule has 0 spiro atoms. The summed E-state index contributed by atoms with van der Waals surface area (Å²) in [5.41, 5.74) is 6.62. The van der Waals surface area contributed by atoms with Crippen LogP contribution in [0, 0.1) is 0 Å². The highest BCUT2D eigenvalue weighted by Crippen LogP contribution is 2.21. The average Bonchev–Trinajstić information content (AvgIpc) is 2.27. The van der Waals surface area contributed by atoms with Crippen LogP contribution in [-0.2, 0) is 10.2 Å². The first-order valence-corrected chi connectivity index (χ1v) is 5.52. The predicted molar refractivity (Wildman–Crippen MR) is 73.4 cm³/mol. The molecule has 17 heavy (non-hydrogen) atoms. The van der Waals surface area contributed by atoms with E-state index >= 15 is 0 Å². The summed E-state index contributed by atoms with van der Waals surface area (Å²) < 4.78 is 0. The summed E-state index contributed by atoms with van der Waals surface area (Å²) in [5, 5.41) is 2.86. The Kier molecular flexibility index (Phi) is 6.21. The Morgan fingerprint density at radius 2 is 1.88 bits per heavy atom. The maximum absolute atomic E-state index is 11.4. The molecule has 3 nitrogen and oxygen atoms in total. The number of amides is 1. The molecule has 3 N–H and O–H groups in total. The molecule has 0 aliphatic heterocycles. The number of hydrogen-bond donors (Lipinski definition) is 2. The second kappa shape index (κ2) is 6.62. The second-order valence-electron chi connectivity index (χ2n) is 4.76. The fraction of sp³-hybridized carbons (Fsp3) is 0.462.